The average molecular weight is 448 g/mol. The first kappa shape index (κ1) is 20.9. The smallest absolute Gasteiger partial charge is 0.288 e. The van der Waals surface area contributed by atoms with E-state index in [4.69, 9.17) is 0 Å². The third-order valence-corrected chi connectivity index (χ3v) is 5.22. The van der Waals surface area contributed by atoms with Crippen LogP contribution in [-0.2, 0) is 0 Å². The van der Waals surface area contributed by atoms with Crippen molar-refractivity contribution in [3.8, 4) is 22.6 Å². The summed E-state index contributed by atoms with van der Waals surface area (Å²) in [4.78, 5) is 30.0. The molecule has 0 saturated heterocycles. The summed E-state index contributed by atoms with van der Waals surface area (Å²) in [5, 5.41) is 4.63. The van der Waals surface area contributed by atoms with Crippen molar-refractivity contribution in [2.45, 2.75) is 0 Å². The molecule has 8 nitrogen and oxygen atoms in total. The number of imidazole rings is 1. The second-order valence-corrected chi connectivity index (χ2v) is 7.43. The fraction of sp³-hybridized carbons (Fsp3) is 0. The minimum absolute atomic E-state index is 0.287. The van der Waals surface area contributed by atoms with Gasteiger partial charge < -0.3 is 0 Å². The lowest BCUT2D eigenvalue weighted by Gasteiger charge is -2.10. The quantitative estimate of drug-likeness (QED) is 0.400. The predicted octanol–water partition coefficient (Wildman–Crippen LogP) is 3.80. The van der Waals surface area contributed by atoms with Crippen LogP contribution in [0.1, 0.15) is 20.8 Å². The summed E-state index contributed by atoms with van der Waals surface area (Å²) >= 11 is 0. The van der Waals surface area contributed by atoms with Gasteiger partial charge in [-0.3, -0.25) is 25.0 Å². The van der Waals surface area contributed by atoms with E-state index in [1.165, 1.54) is 6.20 Å². The maximum Gasteiger partial charge on any atom is 0.288 e. The van der Waals surface area contributed by atoms with Crippen LogP contribution in [0.4, 0.5) is 0 Å². The second kappa shape index (κ2) is 9.25. The van der Waals surface area contributed by atoms with E-state index in [9.17, 15) is 9.59 Å². The Morgan fingerprint density at radius 2 is 1.29 bits per heavy atom. The van der Waals surface area contributed by atoms with Gasteiger partial charge in [0.2, 0.25) is 0 Å². The van der Waals surface area contributed by atoms with Gasteiger partial charge in [0.05, 0.1) is 23.8 Å². The summed E-state index contributed by atoms with van der Waals surface area (Å²) in [6.45, 7) is 0. The van der Waals surface area contributed by atoms with Crippen LogP contribution in [0.5, 0.6) is 0 Å². The van der Waals surface area contributed by atoms with E-state index < -0.39 is 11.8 Å². The van der Waals surface area contributed by atoms with Crippen LogP contribution in [0.25, 0.3) is 22.6 Å². The molecule has 0 saturated carbocycles. The number of rotatable bonds is 5. The van der Waals surface area contributed by atoms with E-state index in [-0.39, 0.29) is 5.69 Å². The van der Waals surface area contributed by atoms with Gasteiger partial charge in [-0.05, 0) is 24.3 Å². The van der Waals surface area contributed by atoms with Gasteiger partial charge in [-0.15, -0.1) is 0 Å². The summed E-state index contributed by atoms with van der Waals surface area (Å²) in [6.07, 6.45) is 4.63. The van der Waals surface area contributed by atoms with Gasteiger partial charge in [-0.25, -0.2) is 9.67 Å². The number of hydrazine groups is 1. The van der Waals surface area contributed by atoms with Crippen molar-refractivity contribution < 1.29 is 9.59 Å². The zero-order chi connectivity index (χ0) is 23.3. The van der Waals surface area contributed by atoms with Crippen LogP contribution in [0, 0.1) is 0 Å². The van der Waals surface area contributed by atoms with E-state index in [2.05, 4.69) is 20.9 Å². The SMILES string of the molecule is O=C(NNC(=O)c1cncn1-c1ccccc1)c1cn(-c2ccccc2)nc1-c1ccccc1. The van der Waals surface area contributed by atoms with Crippen molar-refractivity contribution in [3.05, 3.63) is 121 Å². The summed E-state index contributed by atoms with van der Waals surface area (Å²) in [5.41, 5.74) is 8.50. The van der Waals surface area contributed by atoms with Gasteiger partial charge in [0.1, 0.15) is 11.4 Å². The molecule has 2 amide bonds. The topological polar surface area (TPSA) is 93.8 Å². The number of carbonyl (C=O) groups excluding carboxylic acids is 2. The Bertz CT molecular complexity index is 1430. The third-order valence-electron chi connectivity index (χ3n) is 5.22. The number of para-hydroxylation sites is 2. The molecule has 0 aliphatic rings. The molecule has 3 aromatic carbocycles. The Balaban J connectivity index is 1.40. The highest BCUT2D eigenvalue weighted by molar-refractivity contribution is 6.02. The van der Waals surface area contributed by atoms with E-state index in [0.717, 1.165) is 16.9 Å². The third kappa shape index (κ3) is 4.20. The van der Waals surface area contributed by atoms with Gasteiger partial charge in [0, 0.05) is 17.4 Å². The first-order valence-corrected chi connectivity index (χ1v) is 10.6. The van der Waals surface area contributed by atoms with Crippen molar-refractivity contribution in [1.29, 1.82) is 0 Å². The number of aromatic nitrogens is 4. The summed E-state index contributed by atoms with van der Waals surface area (Å²) in [6, 6.07) is 28.3. The van der Waals surface area contributed by atoms with Crippen molar-refractivity contribution >= 4 is 11.8 Å². The molecule has 34 heavy (non-hydrogen) atoms. The normalized spacial score (nSPS) is 10.6. The molecule has 5 rings (SSSR count). The van der Waals surface area contributed by atoms with Crippen LogP contribution in [-0.4, -0.2) is 31.1 Å². The average Bonchev–Trinajstić information content (AvgIpc) is 3.57. The molecule has 166 valence electrons. The molecular weight excluding hydrogens is 428 g/mol. The first-order valence-electron chi connectivity index (χ1n) is 10.6. The van der Waals surface area contributed by atoms with Crippen LogP contribution < -0.4 is 10.9 Å². The molecule has 0 atom stereocenters. The Morgan fingerprint density at radius 1 is 0.706 bits per heavy atom. The Kier molecular flexibility index (Phi) is 5.69. The minimum atomic E-state index is -0.494. The highest BCUT2D eigenvalue weighted by Crippen LogP contribution is 2.23. The van der Waals surface area contributed by atoms with Crippen LogP contribution >= 0.6 is 0 Å². The molecule has 0 spiro atoms. The van der Waals surface area contributed by atoms with Gasteiger partial charge in [0.15, 0.2) is 0 Å². The maximum absolute atomic E-state index is 13.1. The molecule has 2 N–H and O–H groups in total. The van der Waals surface area contributed by atoms with Gasteiger partial charge >= 0.3 is 0 Å². The summed E-state index contributed by atoms with van der Waals surface area (Å²) in [5.74, 6) is -0.980. The Hall–Kier alpha value is -4.98. The van der Waals surface area contributed by atoms with Gasteiger partial charge in [0.25, 0.3) is 11.8 Å². The number of nitrogens with zero attached hydrogens (tertiary/aromatic N) is 4. The van der Waals surface area contributed by atoms with Crippen molar-refractivity contribution in [2.75, 3.05) is 0 Å². The van der Waals surface area contributed by atoms with Crippen molar-refractivity contribution in [3.63, 3.8) is 0 Å². The zero-order valence-electron chi connectivity index (χ0n) is 18.0. The number of benzene rings is 3. The van der Waals surface area contributed by atoms with Gasteiger partial charge in [-0.1, -0.05) is 66.7 Å². The minimum Gasteiger partial charge on any atom is -0.295 e. The van der Waals surface area contributed by atoms with Crippen molar-refractivity contribution in [1.82, 2.24) is 30.2 Å². The number of nitrogens with one attached hydrogen (secondary N) is 2. The highest BCUT2D eigenvalue weighted by atomic mass is 16.2. The predicted molar refractivity (Wildman–Crippen MR) is 127 cm³/mol. The molecule has 0 aliphatic heterocycles. The molecule has 0 fully saturated rings. The number of hydrogen-bond donors (Lipinski definition) is 2. The zero-order valence-corrected chi connectivity index (χ0v) is 18.0. The number of carbonyl (C=O) groups is 2. The number of amides is 2. The largest absolute Gasteiger partial charge is 0.295 e. The van der Waals surface area contributed by atoms with E-state index in [1.807, 2.05) is 91.0 Å². The monoisotopic (exact) mass is 448 g/mol. The van der Waals surface area contributed by atoms with Crippen LogP contribution in [0.15, 0.2) is 110 Å². The maximum atomic E-state index is 13.1. The van der Waals surface area contributed by atoms with Crippen LogP contribution in [0.3, 0.4) is 0 Å². The Labute approximate surface area is 195 Å². The number of hydrogen-bond acceptors (Lipinski definition) is 4. The first-order chi connectivity index (χ1) is 16.7. The molecule has 8 heteroatoms. The molecule has 2 aromatic heterocycles. The summed E-state index contributed by atoms with van der Waals surface area (Å²) in [7, 11) is 0. The van der Waals surface area contributed by atoms with Crippen molar-refractivity contribution in [2.24, 2.45) is 0 Å². The lowest BCUT2D eigenvalue weighted by atomic mass is 10.1. The molecule has 0 radical (unpaired) electrons. The molecule has 0 unspecified atom stereocenters. The standard InChI is InChI=1S/C26H20N6O2/c33-25(28-29-26(34)23-16-27-18-31(23)20-12-6-2-7-13-20)22-17-32(21-14-8-3-9-15-21)30-24(22)19-10-4-1-5-11-19/h1-18H,(H,28,33)(H,29,34). The lowest BCUT2D eigenvalue weighted by molar-refractivity contribution is 0.0843. The second-order valence-electron chi connectivity index (χ2n) is 7.43. The molecular formula is C26H20N6O2. The molecule has 2 heterocycles. The lowest BCUT2D eigenvalue weighted by Crippen LogP contribution is -2.42. The fourth-order valence-electron chi connectivity index (χ4n) is 3.56. The van der Waals surface area contributed by atoms with E-state index >= 15 is 0 Å². The van der Waals surface area contributed by atoms with E-state index in [0.29, 0.717) is 11.3 Å². The van der Waals surface area contributed by atoms with Crippen LogP contribution in [0.2, 0.25) is 0 Å². The van der Waals surface area contributed by atoms with Gasteiger partial charge in [-0.2, -0.15) is 5.10 Å². The molecule has 0 aliphatic carbocycles. The molecule has 5 aromatic rings. The van der Waals surface area contributed by atoms with E-state index in [1.54, 1.807) is 21.8 Å². The highest BCUT2D eigenvalue weighted by Gasteiger charge is 2.20. The Morgan fingerprint density at radius 3 is 1.97 bits per heavy atom. The fourth-order valence-corrected chi connectivity index (χ4v) is 3.56. The molecule has 0 bridgehead atoms. The summed E-state index contributed by atoms with van der Waals surface area (Å²) < 4.78 is 3.29.